The predicted octanol–water partition coefficient (Wildman–Crippen LogP) is 3.80. The van der Waals surface area contributed by atoms with Crippen LogP contribution >= 0.6 is 0 Å². The van der Waals surface area contributed by atoms with Gasteiger partial charge in [-0.15, -0.1) is 10.2 Å². The maximum atomic E-state index is 13.3. The van der Waals surface area contributed by atoms with Gasteiger partial charge in [-0.2, -0.15) is 8.78 Å². The lowest BCUT2D eigenvalue weighted by Crippen LogP contribution is -2.33. The number of carbonyl (C=O) groups is 1. The number of nitrogens with zero attached hydrogens (tertiary/aromatic N) is 5. The number of benzene rings is 1. The van der Waals surface area contributed by atoms with Gasteiger partial charge >= 0.3 is 6.43 Å². The normalized spacial score (nSPS) is 12.2. The Morgan fingerprint density at radius 1 is 1.13 bits per heavy atom. The van der Waals surface area contributed by atoms with Crippen LogP contribution in [0, 0.1) is 5.82 Å². The molecule has 1 amide bonds. The summed E-state index contributed by atoms with van der Waals surface area (Å²) < 4.78 is 43.4. The molecule has 0 saturated heterocycles. The van der Waals surface area contributed by atoms with E-state index >= 15 is 0 Å². The Morgan fingerprint density at radius 3 is 2.33 bits per heavy atom. The second-order valence-electron chi connectivity index (χ2n) is 6.64. The van der Waals surface area contributed by atoms with E-state index in [4.69, 9.17) is 4.42 Å². The highest BCUT2D eigenvalue weighted by Gasteiger charge is 2.20. The van der Waals surface area contributed by atoms with E-state index in [1.54, 1.807) is 17.0 Å². The first kappa shape index (κ1) is 21.4. The minimum Gasteiger partial charge on any atom is -0.415 e. The first-order valence-corrected chi connectivity index (χ1v) is 9.31. The van der Waals surface area contributed by atoms with Gasteiger partial charge in [0.25, 0.3) is 11.8 Å². The summed E-state index contributed by atoms with van der Waals surface area (Å²) in [4.78, 5) is 22.1. The molecule has 0 aliphatic carbocycles. The molecule has 3 aromatic rings. The quantitative estimate of drug-likeness (QED) is 0.552. The standard InChI is InChI=1S/C20H20F3N5O2/c1-3-28(12(2)29)11-14(13-4-6-16(21)7-5-13)8-17-24-9-15(10-25-17)19-26-27-20(30-19)18(22)23/h4-7,9-10,14,18H,3,8,11H2,1-2H3. The van der Waals surface area contributed by atoms with E-state index in [9.17, 15) is 18.0 Å². The molecule has 3 rings (SSSR count). The third-order valence-electron chi connectivity index (χ3n) is 4.62. The highest BCUT2D eigenvalue weighted by molar-refractivity contribution is 5.73. The van der Waals surface area contributed by atoms with Gasteiger partial charge in [-0.25, -0.2) is 14.4 Å². The molecule has 158 valence electrons. The van der Waals surface area contributed by atoms with E-state index in [1.807, 2.05) is 6.92 Å². The summed E-state index contributed by atoms with van der Waals surface area (Å²) in [5.41, 5.74) is 1.16. The van der Waals surface area contributed by atoms with Crippen LogP contribution in [-0.4, -0.2) is 44.1 Å². The van der Waals surface area contributed by atoms with Crippen LogP contribution in [0.15, 0.2) is 41.1 Å². The van der Waals surface area contributed by atoms with Gasteiger partial charge in [-0.3, -0.25) is 4.79 Å². The van der Waals surface area contributed by atoms with Crippen molar-refractivity contribution in [1.29, 1.82) is 0 Å². The Balaban J connectivity index is 1.80. The fourth-order valence-electron chi connectivity index (χ4n) is 3.00. The highest BCUT2D eigenvalue weighted by atomic mass is 19.3. The van der Waals surface area contributed by atoms with Gasteiger partial charge < -0.3 is 9.32 Å². The Morgan fingerprint density at radius 2 is 1.80 bits per heavy atom. The molecule has 0 fully saturated rings. The molecule has 2 aromatic heterocycles. The van der Waals surface area contributed by atoms with Crippen molar-refractivity contribution < 1.29 is 22.4 Å². The number of aromatic nitrogens is 4. The lowest BCUT2D eigenvalue weighted by atomic mass is 9.94. The Hall–Kier alpha value is -3.30. The number of hydrogen-bond acceptors (Lipinski definition) is 6. The molecule has 0 N–H and O–H groups in total. The first-order valence-electron chi connectivity index (χ1n) is 9.31. The lowest BCUT2D eigenvalue weighted by molar-refractivity contribution is -0.128. The average molecular weight is 419 g/mol. The van der Waals surface area contributed by atoms with E-state index in [1.165, 1.54) is 31.5 Å². The largest absolute Gasteiger partial charge is 0.415 e. The molecular weight excluding hydrogens is 399 g/mol. The third-order valence-corrected chi connectivity index (χ3v) is 4.62. The number of rotatable bonds is 8. The fraction of sp³-hybridized carbons (Fsp3) is 0.350. The summed E-state index contributed by atoms with van der Waals surface area (Å²) in [5.74, 6) is -0.961. The van der Waals surface area contributed by atoms with Gasteiger partial charge in [0.2, 0.25) is 5.91 Å². The van der Waals surface area contributed by atoms with Gasteiger partial charge in [-0.05, 0) is 24.6 Å². The molecule has 0 saturated carbocycles. The van der Waals surface area contributed by atoms with Gasteiger partial charge in [0.15, 0.2) is 0 Å². The summed E-state index contributed by atoms with van der Waals surface area (Å²) in [6.07, 6.45) is 0.359. The molecule has 0 radical (unpaired) electrons. The zero-order valence-corrected chi connectivity index (χ0v) is 16.4. The van der Waals surface area contributed by atoms with Gasteiger partial charge in [0.1, 0.15) is 11.6 Å². The van der Waals surface area contributed by atoms with Crippen LogP contribution < -0.4 is 0 Å². The zero-order valence-electron chi connectivity index (χ0n) is 16.4. The number of alkyl halides is 2. The lowest BCUT2D eigenvalue weighted by Gasteiger charge is -2.25. The van der Waals surface area contributed by atoms with Crippen LogP contribution in [0.25, 0.3) is 11.5 Å². The van der Waals surface area contributed by atoms with Gasteiger partial charge in [0, 0.05) is 44.7 Å². The van der Waals surface area contributed by atoms with E-state index in [2.05, 4.69) is 20.2 Å². The molecule has 0 spiro atoms. The number of halogens is 3. The monoisotopic (exact) mass is 419 g/mol. The molecule has 0 bridgehead atoms. The minimum atomic E-state index is -2.86. The van der Waals surface area contributed by atoms with Crippen molar-refractivity contribution >= 4 is 5.91 Å². The molecule has 30 heavy (non-hydrogen) atoms. The van der Waals surface area contributed by atoms with E-state index in [0.717, 1.165) is 5.56 Å². The summed E-state index contributed by atoms with van der Waals surface area (Å²) in [5, 5.41) is 6.85. The van der Waals surface area contributed by atoms with Crippen LogP contribution in [0.1, 0.15) is 43.5 Å². The second-order valence-corrected chi connectivity index (χ2v) is 6.64. The molecule has 1 aromatic carbocycles. The Labute approximate surface area is 171 Å². The molecule has 0 aliphatic heterocycles. The average Bonchev–Trinajstić information content (AvgIpc) is 3.22. The molecule has 0 aliphatic rings. The number of amides is 1. The number of hydrogen-bond donors (Lipinski definition) is 0. The van der Waals surface area contributed by atoms with Crippen molar-refractivity contribution in [3.8, 4) is 11.5 Å². The third kappa shape index (κ3) is 5.19. The van der Waals surface area contributed by atoms with Gasteiger partial charge in [-0.1, -0.05) is 12.1 Å². The zero-order chi connectivity index (χ0) is 21.7. The molecule has 7 nitrogen and oxygen atoms in total. The van der Waals surface area contributed by atoms with Crippen molar-refractivity contribution in [2.75, 3.05) is 13.1 Å². The van der Waals surface area contributed by atoms with Crippen molar-refractivity contribution in [1.82, 2.24) is 25.1 Å². The minimum absolute atomic E-state index is 0.0629. The second kappa shape index (κ2) is 9.47. The van der Waals surface area contributed by atoms with Crippen molar-refractivity contribution in [2.45, 2.75) is 32.6 Å². The first-order chi connectivity index (χ1) is 14.4. The smallest absolute Gasteiger partial charge is 0.314 e. The topological polar surface area (TPSA) is 85.0 Å². The van der Waals surface area contributed by atoms with Crippen LogP contribution in [-0.2, 0) is 11.2 Å². The number of carbonyl (C=O) groups excluding carboxylic acids is 1. The maximum absolute atomic E-state index is 13.3. The Bertz CT molecular complexity index is 977. The summed E-state index contributed by atoms with van der Waals surface area (Å²) in [6, 6.07) is 6.08. The maximum Gasteiger partial charge on any atom is 0.314 e. The fourth-order valence-corrected chi connectivity index (χ4v) is 3.00. The van der Waals surface area contributed by atoms with E-state index in [-0.39, 0.29) is 23.5 Å². The summed E-state index contributed by atoms with van der Waals surface area (Å²) in [7, 11) is 0. The van der Waals surface area contributed by atoms with Crippen molar-refractivity contribution in [3.63, 3.8) is 0 Å². The van der Waals surface area contributed by atoms with Crippen molar-refractivity contribution in [2.24, 2.45) is 0 Å². The van der Waals surface area contributed by atoms with E-state index < -0.39 is 12.3 Å². The summed E-state index contributed by atoms with van der Waals surface area (Å²) >= 11 is 0. The molecule has 1 atom stereocenters. The SMILES string of the molecule is CCN(CC(Cc1ncc(-c2nnc(C(F)F)o2)cn1)c1ccc(F)cc1)C(C)=O. The van der Waals surface area contributed by atoms with E-state index in [0.29, 0.717) is 30.9 Å². The van der Waals surface area contributed by atoms with Crippen LogP contribution in [0.2, 0.25) is 0 Å². The van der Waals surface area contributed by atoms with Crippen LogP contribution in [0.5, 0.6) is 0 Å². The van der Waals surface area contributed by atoms with Crippen LogP contribution in [0.4, 0.5) is 13.2 Å². The molecule has 2 heterocycles. The highest BCUT2D eigenvalue weighted by Crippen LogP contribution is 2.24. The van der Waals surface area contributed by atoms with Gasteiger partial charge in [0.05, 0.1) is 5.56 Å². The molecule has 1 unspecified atom stereocenters. The summed E-state index contributed by atoms with van der Waals surface area (Å²) in [6.45, 7) is 4.33. The molecular formula is C20H20F3N5O2. The van der Waals surface area contributed by atoms with Crippen LogP contribution in [0.3, 0.4) is 0 Å². The Kier molecular flexibility index (Phi) is 6.76. The molecule has 10 heteroatoms. The number of likely N-dealkylation sites (N-methyl/N-ethyl adjacent to an activating group) is 1. The van der Waals surface area contributed by atoms with Crippen molar-refractivity contribution in [3.05, 3.63) is 59.8 Å². The predicted molar refractivity (Wildman–Crippen MR) is 101 cm³/mol.